The minimum Gasteiger partial charge on any atom is -0.0751 e. The molecule has 1 aromatic rings. The molecule has 0 radical (unpaired) electrons. The van der Waals surface area contributed by atoms with E-state index in [4.69, 9.17) is 0 Å². The van der Waals surface area contributed by atoms with Crippen LogP contribution < -0.4 is 0 Å². The van der Waals surface area contributed by atoms with Crippen molar-refractivity contribution in [1.82, 2.24) is 0 Å². The third kappa shape index (κ3) is 2.47. The molecule has 1 aliphatic rings. The normalized spacial score (nSPS) is 18.4. The second-order valence-corrected chi connectivity index (χ2v) is 4.51. The molecule has 0 atom stereocenters. The highest BCUT2D eigenvalue weighted by atomic mass is 14.2. The van der Waals surface area contributed by atoms with Gasteiger partial charge in [0.2, 0.25) is 0 Å². The van der Waals surface area contributed by atoms with Crippen molar-refractivity contribution in [3.8, 4) is 0 Å². The second kappa shape index (κ2) is 3.90. The van der Waals surface area contributed by atoms with E-state index in [1.165, 1.54) is 11.1 Å². The zero-order valence-corrected chi connectivity index (χ0v) is 9.27. The highest BCUT2D eigenvalue weighted by molar-refractivity contribution is 5.75. The Bertz CT molecular complexity index is 417. The molecule has 0 N–H and O–H groups in total. The minimum absolute atomic E-state index is 0.134. The summed E-state index contributed by atoms with van der Waals surface area (Å²) in [5, 5.41) is 0. The van der Waals surface area contributed by atoms with Gasteiger partial charge in [0.15, 0.2) is 0 Å². The zero-order valence-electron chi connectivity index (χ0n) is 9.27. The molecule has 0 aromatic heterocycles. The summed E-state index contributed by atoms with van der Waals surface area (Å²) < 4.78 is 0. The molecule has 1 aliphatic carbocycles. The monoisotopic (exact) mass is 196 g/mol. The average molecular weight is 196 g/mol. The summed E-state index contributed by atoms with van der Waals surface area (Å²) in [5.74, 6) is 0. The molecule has 0 saturated heterocycles. The molecule has 0 nitrogen and oxygen atoms in total. The lowest BCUT2D eigenvalue weighted by molar-refractivity contribution is 0.629. The van der Waals surface area contributed by atoms with Gasteiger partial charge in [0, 0.05) is 5.41 Å². The molecular formula is C15H16. The molecule has 0 fully saturated rings. The van der Waals surface area contributed by atoms with Crippen LogP contribution in [0.1, 0.15) is 19.4 Å². The maximum atomic E-state index is 2.31. The third-order valence-corrected chi connectivity index (χ3v) is 2.55. The van der Waals surface area contributed by atoms with E-state index >= 15 is 0 Å². The molecular weight excluding hydrogens is 180 g/mol. The van der Waals surface area contributed by atoms with E-state index in [9.17, 15) is 0 Å². The van der Waals surface area contributed by atoms with Crippen molar-refractivity contribution >= 4 is 5.57 Å². The molecule has 1 aromatic carbocycles. The Morgan fingerprint density at radius 2 is 1.67 bits per heavy atom. The van der Waals surface area contributed by atoms with Crippen LogP contribution >= 0.6 is 0 Å². The van der Waals surface area contributed by atoms with Gasteiger partial charge in [0.25, 0.3) is 0 Å². The maximum Gasteiger partial charge on any atom is 0.00167 e. The van der Waals surface area contributed by atoms with Gasteiger partial charge in [-0.25, -0.2) is 0 Å². The first-order valence-electron chi connectivity index (χ1n) is 5.32. The Balaban J connectivity index is 2.42. The fourth-order valence-corrected chi connectivity index (χ4v) is 1.77. The summed E-state index contributed by atoms with van der Waals surface area (Å²) >= 11 is 0. The van der Waals surface area contributed by atoms with Crippen molar-refractivity contribution < 1.29 is 0 Å². The van der Waals surface area contributed by atoms with Crippen LogP contribution in [0, 0.1) is 5.41 Å². The Morgan fingerprint density at radius 1 is 0.933 bits per heavy atom. The Labute approximate surface area is 91.6 Å². The zero-order chi connectivity index (χ0) is 10.7. The van der Waals surface area contributed by atoms with Gasteiger partial charge in [0.05, 0.1) is 0 Å². The topological polar surface area (TPSA) is 0 Å². The van der Waals surface area contributed by atoms with Crippen LogP contribution in [0.2, 0.25) is 0 Å². The number of allylic oxidation sites excluding steroid dienone is 6. The van der Waals surface area contributed by atoms with E-state index in [-0.39, 0.29) is 5.41 Å². The molecule has 76 valence electrons. The van der Waals surface area contributed by atoms with Crippen LogP contribution in [0.4, 0.5) is 0 Å². The van der Waals surface area contributed by atoms with E-state index in [1.807, 2.05) is 6.07 Å². The van der Waals surface area contributed by atoms with Gasteiger partial charge >= 0.3 is 0 Å². The standard InChI is InChI=1S/C15H16/c1-15(2)11-7-6-10-14(12-15)13-8-4-3-5-9-13/h3-12H,1-2H3. The lowest BCUT2D eigenvalue weighted by Crippen LogP contribution is -2.02. The number of rotatable bonds is 1. The molecule has 0 heteroatoms. The quantitative estimate of drug-likeness (QED) is 0.630. The van der Waals surface area contributed by atoms with Crippen LogP contribution in [0.25, 0.3) is 5.57 Å². The number of hydrogen-bond donors (Lipinski definition) is 0. The molecule has 0 spiro atoms. The highest BCUT2D eigenvalue weighted by Crippen LogP contribution is 2.28. The van der Waals surface area contributed by atoms with Crippen molar-refractivity contribution in [3.05, 3.63) is 66.3 Å². The lowest BCUT2D eigenvalue weighted by Gasteiger charge is -2.15. The van der Waals surface area contributed by atoms with E-state index in [0.717, 1.165) is 0 Å². The van der Waals surface area contributed by atoms with E-state index in [2.05, 4.69) is 68.5 Å². The van der Waals surface area contributed by atoms with Crippen LogP contribution in [0.15, 0.2) is 60.7 Å². The third-order valence-electron chi connectivity index (χ3n) is 2.55. The van der Waals surface area contributed by atoms with Crippen molar-refractivity contribution in [2.45, 2.75) is 13.8 Å². The van der Waals surface area contributed by atoms with Gasteiger partial charge in [-0.15, -0.1) is 0 Å². The minimum atomic E-state index is 0.134. The Morgan fingerprint density at radius 3 is 2.40 bits per heavy atom. The van der Waals surface area contributed by atoms with Gasteiger partial charge in [-0.05, 0) is 11.1 Å². The number of hydrogen-bond acceptors (Lipinski definition) is 0. The van der Waals surface area contributed by atoms with E-state index in [0.29, 0.717) is 0 Å². The van der Waals surface area contributed by atoms with Gasteiger partial charge in [-0.1, -0.05) is 74.6 Å². The van der Waals surface area contributed by atoms with Crippen LogP contribution in [0.5, 0.6) is 0 Å². The summed E-state index contributed by atoms with van der Waals surface area (Å²) in [5.41, 5.74) is 2.71. The van der Waals surface area contributed by atoms with Crippen molar-refractivity contribution in [2.75, 3.05) is 0 Å². The molecule has 0 saturated carbocycles. The molecule has 0 heterocycles. The predicted octanol–water partition coefficient (Wildman–Crippen LogP) is 4.22. The fourth-order valence-electron chi connectivity index (χ4n) is 1.77. The molecule has 0 amide bonds. The smallest absolute Gasteiger partial charge is 0.00167 e. The first-order valence-corrected chi connectivity index (χ1v) is 5.32. The van der Waals surface area contributed by atoms with Crippen LogP contribution in [-0.4, -0.2) is 0 Å². The van der Waals surface area contributed by atoms with Gasteiger partial charge in [0.1, 0.15) is 0 Å². The maximum absolute atomic E-state index is 2.31. The Hall–Kier alpha value is -1.56. The number of benzene rings is 1. The summed E-state index contributed by atoms with van der Waals surface area (Å²) in [6, 6.07) is 10.5. The molecule has 15 heavy (non-hydrogen) atoms. The summed E-state index contributed by atoms with van der Waals surface area (Å²) in [4.78, 5) is 0. The summed E-state index contributed by atoms with van der Waals surface area (Å²) in [7, 11) is 0. The van der Waals surface area contributed by atoms with E-state index < -0.39 is 0 Å². The van der Waals surface area contributed by atoms with E-state index in [1.54, 1.807) is 0 Å². The fraction of sp³-hybridized carbons (Fsp3) is 0.200. The predicted molar refractivity (Wildman–Crippen MR) is 66.5 cm³/mol. The molecule has 0 bridgehead atoms. The second-order valence-electron chi connectivity index (χ2n) is 4.51. The van der Waals surface area contributed by atoms with Gasteiger partial charge < -0.3 is 0 Å². The van der Waals surface area contributed by atoms with Gasteiger partial charge in [-0.3, -0.25) is 0 Å². The highest BCUT2D eigenvalue weighted by Gasteiger charge is 2.12. The van der Waals surface area contributed by atoms with Crippen LogP contribution in [-0.2, 0) is 0 Å². The van der Waals surface area contributed by atoms with Crippen LogP contribution in [0.3, 0.4) is 0 Å². The molecule has 2 rings (SSSR count). The first-order chi connectivity index (χ1) is 7.17. The SMILES string of the molecule is CC1(C)C=CC=CC(c2ccccc2)=C1. The van der Waals surface area contributed by atoms with Crippen molar-refractivity contribution in [1.29, 1.82) is 0 Å². The van der Waals surface area contributed by atoms with Crippen molar-refractivity contribution in [2.24, 2.45) is 5.41 Å². The average Bonchev–Trinajstić information content (AvgIpc) is 2.41. The first kappa shape index (κ1) is 9.97. The van der Waals surface area contributed by atoms with Crippen molar-refractivity contribution in [3.63, 3.8) is 0 Å². The summed E-state index contributed by atoms with van der Waals surface area (Å²) in [6.45, 7) is 4.44. The Kier molecular flexibility index (Phi) is 2.59. The van der Waals surface area contributed by atoms with Gasteiger partial charge in [-0.2, -0.15) is 0 Å². The summed E-state index contributed by atoms with van der Waals surface area (Å²) in [6.07, 6.45) is 10.9. The molecule has 0 aliphatic heterocycles. The largest absolute Gasteiger partial charge is 0.0751 e. The molecule has 0 unspecified atom stereocenters. The lowest BCUT2D eigenvalue weighted by atomic mass is 9.89.